The first-order valence-electron chi connectivity index (χ1n) is 13.7. The first kappa shape index (κ1) is 33.2. The van der Waals surface area contributed by atoms with Gasteiger partial charge in [0, 0.05) is 18.7 Å². The largest absolute Gasteiger partial charge is 0.497 e. The van der Waals surface area contributed by atoms with E-state index >= 15 is 0 Å². The number of sulfonamides is 1. The van der Waals surface area contributed by atoms with Crippen LogP contribution in [0, 0.1) is 5.82 Å². The summed E-state index contributed by atoms with van der Waals surface area (Å²) in [6.45, 7) is 4.72. The second-order valence-corrected chi connectivity index (χ2v) is 11.7. The van der Waals surface area contributed by atoms with Gasteiger partial charge in [-0.2, -0.15) is 0 Å². The molecule has 0 aliphatic carbocycles. The summed E-state index contributed by atoms with van der Waals surface area (Å²) in [5, 5.41) is 2.89. The zero-order valence-corrected chi connectivity index (χ0v) is 26.0. The average Bonchev–Trinajstić information content (AvgIpc) is 3.02. The number of amides is 2. The number of rotatable bonds is 14. The van der Waals surface area contributed by atoms with Crippen molar-refractivity contribution < 1.29 is 36.6 Å². The van der Waals surface area contributed by atoms with Crippen molar-refractivity contribution in [2.75, 3.05) is 32.2 Å². The SMILES string of the molecule is CC[C@H](C)NC(=O)[C@@H](C)N(Cc1ccc(OC)cc1)C(=O)CN(c1ccc(F)cc1)S(=O)(=O)c1ccc(OC)c(OC)c1. The molecule has 0 aromatic heterocycles. The van der Waals surface area contributed by atoms with Crippen molar-refractivity contribution in [2.24, 2.45) is 0 Å². The van der Waals surface area contributed by atoms with Crippen molar-refractivity contribution in [1.29, 1.82) is 0 Å². The quantitative estimate of drug-likeness (QED) is 0.286. The topological polar surface area (TPSA) is 114 Å². The Hall–Kier alpha value is -4.32. The molecule has 0 aliphatic heterocycles. The summed E-state index contributed by atoms with van der Waals surface area (Å²) in [7, 11) is -0.0609. The third-order valence-electron chi connectivity index (χ3n) is 7.02. The Balaban J connectivity index is 2.06. The first-order chi connectivity index (χ1) is 20.4. The van der Waals surface area contributed by atoms with Gasteiger partial charge in [0.25, 0.3) is 10.0 Å². The van der Waals surface area contributed by atoms with Crippen LogP contribution in [0.25, 0.3) is 0 Å². The molecular weight excluding hydrogens is 577 g/mol. The van der Waals surface area contributed by atoms with Crippen molar-refractivity contribution in [3.8, 4) is 17.2 Å². The number of carbonyl (C=O) groups excluding carboxylic acids is 2. The Bertz CT molecular complexity index is 1500. The van der Waals surface area contributed by atoms with E-state index in [1.54, 1.807) is 31.2 Å². The maximum Gasteiger partial charge on any atom is 0.264 e. The minimum Gasteiger partial charge on any atom is -0.497 e. The van der Waals surface area contributed by atoms with Crippen molar-refractivity contribution >= 4 is 27.5 Å². The maximum absolute atomic E-state index is 14.0. The number of carbonyl (C=O) groups is 2. The van der Waals surface area contributed by atoms with Gasteiger partial charge in [-0.05, 0) is 74.4 Å². The molecule has 12 heteroatoms. The summed E-state index contributed by atoms with van der Waals surface area (Å²) in [6, 6.07) is 14.7. The molecule has 0 saturated carbocycles. The van der Waals surface area contributed by atoms with Gasteiger partial charge < -0.3 is 24.4 Å². The molecule has 0 radical (unpaired) electrons. The first-order valence-corrected chi connectivity index (χ1v) is 15.1. The smallest absolute Gasteiger partial charge is 0.264 e. The van der Waals surface area contributed by atoms with E-state index in [2.05, 4.69) is 5.32 Å². The second-order valence-electron chi connectivity index (χ2n) is 9.87. The van der Waals surface area contributed by atoms with Gasteiger partial charge in [0.2, 0.25) is 11.8 Å². The van der Waals surface area contributed by atoms with Crippen LogP contribution in [0.3, 0.4) is 0 Å². The second kappa shape index (κ2) is 14.7. The molecule has 0 spiro atoms. The van der Waals surface area contributed by atoms with Crippen LogP contribution in [0.1, 0.15) is 32.8 Å². The van der Waals surface area contributed by atoms with Crippen molar-refractivity contribution in [1.82, 2.24) is 10.2 Å². The number of nitrogens with zero attached hydrogens (tertiary/aromatic N) is 2. The Morgan fingerprint density at radius 2 is 1.51 bits per heavy atom. The predicted octanol–water partition coefficient (Wildman–Crippen LogP) is 4.38. The minimum absolute atomic E-state index is 0.0194. The standard InChI is InChI=1S/C31H38FN3O7S/c1-7-21(2)33-31(37)22(3)34(19-23-8-14-26(40-4)15-9-23)30(36)20-35(25-12-10-24(32)11-13-25)43(38,39)27-16-17-28(41-5)29(18-27)42-6/h8-18,21-22H,7,19-20H2,1-6H3,(H,33,37)/t21-,22+/m0/s1. The Kier molecular flexibility index (Phi) is 11.4. The molecular formula is C31H38FN3O7S. The average molecular weight is 616 g/mol. The molecule has 0 aliphatic rings. The molecule has 2 amide bonds. The van der Waals surface area contributed by atoms with Crippen LogP contribution in [0.2, 0.25) is 0 Å². The van der Waals surface area contributed by atoms with E-state index in [1.165, 1.54) is 56.6 Å². The van der Waals surface area contributed by atoms with Gasteiger partial charge >= 0.3 is 0 Å². The van der Waals surface area contributed by atoms with E-state index in [-0.39, 0.29) is 34.8 Å². The summed E-state index contributed by atoms with van der Waals surface area (Å²) in [6.07, 6.45) is 0.687. The number of benzene rings is 3. The van der Waals surface area contributed by atoms with E-state index in [9.17, 15) is 22.4 Å². The Labute approximate surface area is 252 Å². The molecule has 232 valence electrons. The van der Waals surface area contributed by atoms with E-state index in [4.69, 9.17) is 14.2 Å². The highest BCUT2D eigenvalue weighted by molar-refractivity contribution is 7.92. The highest BCUT2D eigenvalue weighted by Crippen LogP contribution is 2.32. The lowest BCUT2D eigenvalue weighted by Gasteiger charge is -2.32. The molecule has 1 N–H and O–H groups in total. The van der Waals surface area contributed by atoms with Gasteiger partial charge in [-0.1, -0.05) is 19.1 Å². The van der Waals surface area contributed by atoms with Crippen LogP contribution in [-0.2, 0) is 26.2 Å². The van der Waals surface area contributed by atoms with Crippen LogP contribution < -0.4 is 23.8 Å². The molecule has 2 atom stereocenters. The molecule has 3 aromatic carbocycles. The van der Waals surface area contributed by atoms with Gasteiger partial charge in [-0.15, -0.1) is 0 Å². The molecule has 0 heterocycles. The molecule has 3 rings (SSSR count). The lowest BCUT2D eigenvalue weighted by molar-refractivity contribution is -0.139. The third kappa shape index (κ3) is 8.16. The van der Waals surface area contributed by atoms with Gasteiger partial charge in [0.05, 0.1) is 31.9 Å². The number of nitrogens with one attached hydrogen (secondary N) is 1. The summed E-state index contributed by atoms with van der Waals surface area (Å²) in [5.41, 5.74) is 0.763. The molecule has 0 fully saturated rings. The van der Waals surface area contributed by atoms with Crippen LogP contribution in [0.4, 0.5) is 10.1 Å². The van der Waals surface area contributed by atoms with E-state index in [0.29, 0.717) is 23.5 Å². The lowest BCUT2D eigenvalue weighted by Crippen LogP contribution is -2.52. The molecule has 10 nitrogen and oxygen atoms in total. The van der Waals surface area contributed by atoms with Gasteiger partial charge in [0.15, 0.2) is 11.5 Å². The van der Waals surface area contributed by atoms with Gasteiger partial charge in [-0.25, -0.2) is 12.8 Å². The molecule has 3 aromatic rings. The molecule has 0 bridgehead atoms. The van der Waals surface area contributed by atoms with Gasteiger partial charge in [-0.3, -0.25) is 13.9 Å². The highest BCUT2D eigenvalue weighted by atomic mass is 32.2. The Morgan fingerprint density at radius 3 is 2.07 bits per heavy atom. The molecule has 0 unspecified atom stereocenters. The molecule has 0 saturated heterocycles. The number of anilines is 1. The summed E-state index contributed by atoms with van der Waals surface area (Å²) >= 11 is 0. The van der Waals surface area contributed by atoms with Crippen LogP contribution in [-0.4, -0.2) is 65.1 Å². The number of halogens is 1. The number of hydrogen-bond acceptors (Lipinski definition) is 7. The monoisotopic (exact) mass is 615 g/mol. The fraction of sp³-hybridized carbons (Fsp3) is 0.355. The van der Waals surface area contributed by atoms with Crippen LogP contribution in [0.15, 0.2) is 71.6 Å². The van der Waals surface area contributed by atoms with E-state index in [0.717, 1.165) is 16.4 Å². The van der Waals surface area contributed by atoms with Crippen LogP contribution >= 0.6 is 0 Å². The van der Waals surface area contributed by atoms with Crippen molar-refractivity contribution in [2.45, 2.75) is 50.7 Å². The predicted molar refractivity (Wildman–Crippen MR) is 161 cm³/mol. The summed E-state index contributed by atoms with van der Waals surface area (Å²) in [5.74, 6) is -0.492. The fourth-order valence-electron chi connectivity index (χ4n) is 4.22. The van der Waals surface area contributed by atoms with E-state index < -0.39 is 34.3 Å². The van der Waals surface area contributed by atoms with Crippen LogP contribution in [0.5, 0.6) is 17.2 Å². The zero-order valence-electron chi connectivity index (χ0n) is 25.2. The molecule has 43 heavy (non-hydrogen) atoms. The maximum atomic E-state index is 14.0. The zero-order chi connectivity index (χ0) is 31.7. The normalized spacial score (nSPS) is 12.5. The Morgan fingerprint density at radius 1 is 0.884 bits per heavy atom. The third-order valence-corrected chi connectivity index (χ3v) is 8.79. The lowest BCUT2D eigenvalue weighted by atomic mass is 10.1. The van der Waals surface area contributed by atoms with Crippen molar-refractivity contribution in [3.05, 3.63) is 78.1 Å². The van der Waals surface area contributed by atoms with Gasteiger partial charge in [0.1, 0.15) is 24.2 Å². The van der Waals surface area contributed by atoms with E-state index in [1.807, 2.05) is 13.8 Å². The summed E-state index contributed by atoms with van der Waals surface area (Å²) < 4.78 is 58.5. The fourth-order valence-corrected chi connectivity index (χ4v) is 5.65. The minimum atomic E-state index is -4.39. The number of ether oxygens (including phenoxy) is 3. The number of hydrogen-bond donors (Lipinski definition) is 1. The number of methoxy groups -OCH3 is 3. The van der Waals surface area contributed by atoms with Crippen molar-refractivity contribution in [3.63, 3.8) is 0 Å². The summed E-state index contributed by atoms with van der Waals surface area (Å²) in [4.78, 5) is 28.3. The highest BCUT2D eigenvalue weighted by Gasteiger charge is 2.33.